The van der Waals surface area contributed by atoms with Crippen LogP contribution in [0.4, 0.5) is 0 Å². The van der Waals surface area contributed by atoms with Gasteiger partial charge in [0.2, 0.25) is 0 Å². The fourth-order valence-corrected chi connectivity index (χ4v) is 2.07. The number of aromatic hydroxyl groups is 1. The number of aromatic nitrogens is 1. The average Bonchev–Trinajstić information content (AvgIpc) is 2.41. The molecule has 7 nitrogen and oxygen atoms in total. The van der Waals surface area contributed by atoms with E-state index in [9.17, 15) is 14.7 Å². The summed E-state index contributed by atoms with van der Waals surface area (Å²) in [5.41, 5.74) is -0.663. The number of pyridine rings is 1. The molecule has 7 heteroatoms. The number of rotatable bonds is 4. The van der Waals surface area contributed by atoms with Gasteiger partial charge >= 0.3 is 0 Å². The standard InChI is InChI=1S/C12H16N2O5/c1-18-6-5-13-3-4-14-7-8(19-2)10(15)11(16)9(14)12(13)17/h7,16H,3-6H2,1-2H3. The molecule has 0 fully saturated rings. The van der Waals surface area contributed by atoms with Crippen molar-refractivity contribution in [3.8, 4) is 11.5 Å². The van der Waals surface area contributed by atoms with Crippen molar-refractivity contribution in [2.45, 2.75) is 6.54 Å². The number of nitrogens with zero attached hydrogens (tertiary/aromatic N) is 2. The summed E-state index contributed by atoms with van der Waals surface area (Å²) >= 11 is 0. The monoisotopic (exact) mass is 268 g/mol. The summed E-state index contributed by atoms with van der Waals surface area (Å²) in [5, 5.41) is 9.88. The second-order valence-corrected chi connectivity index (χ2v) is 4.20. The van der Waals surface area contributed by atoms with Crippen molar-refractivity contribution in [3.05, 3.63) is 22.1 Å². The first kappa shape index (κ1) is 13.4. The topological polar surface area (TPSA) is 81.0 Å². The predicted octanol–water partition coefficient (Wildman–Crippen LogP) is -0.335. The van der Waals surface area contributed by atoms with Crippen molar-refractivity contribution in [2.75, 3.05) is 33.9 Å². The Kier molecular flexibility index (Phi) is 3.75. The zero-order valence-corrected chi connectivity index (χ0v) is 10.9. The van der Waals surface area contributed by atoms with Crippen LogP contribution in [0.25, 0.3) is 0 Å². The molecule has 1 aromatic heterocycles. The van der Waals surface area contributed by atoms with Crippen molar-refractivity contribution >= 4 is 5.91 Å². The number of methoxy groups -OCH3 is 2. The first-order chi connectivity index (χ1) is 9.10. The second kappa shape index (κ2) is 5.31. The van der Waals surface area contributed by atoms with Crippen LogP contribution in [0, 0.1) is 0 Å². The van der Waals surface area contributed by atoms with E-state index in [2.05, 4.69) is 0 Å². The van der Waals surface area contributed by atoms with Crippen LogP contribution in [-0.2, 0) is 11.3 Å². The van der Waals surface area contributed by atoms with Crippen molar-refractivity contribution in [2.24, 2.45) is 0 Å². The molecule has 0 atom stereocenters. The molecule has 1 amide bonds. The normalized spacial score (nSPS) is 14.4. The van der Waals surface area contributed by atoms with Gasteiger partial charge in [-0.1, -0.05) is 0 Å². The maximum Gasteiger partial charge on any atom is 0.274 e. The summed E-state index contributed by atoms with van der Waals surface area (Å²) in [7, 11) is 2.90. The summed E-state index contributed by atoms with van der Waals surface area (Å²) in [6.45, 7) is 1.83. The van der Waals surface area contributed by atoms with E-state index in [0.717, 1.165) is 0 Å². The van der Waals surface area contributed by atoms with Gasteiger partial charge in [-0.2, -0.15) is 0 Å². The number of ether oxygens (including phenoxy) is 2. The number of hydrogen-bond acceptors (Lipinski definition) is 5. The van der Waals surface area contributed by atoms with Crippen molar-refractivity contribution < 1.29 is 19.4 Å². The average molecular weight is 268 g/mol. The third-order valence-electron chi connectivity index (χ3n) is 3.11. The Morgan fingerprint density at radius 1 is 1.32 bits per heavy atom. The highest BCUT2D eigenvalue weighted by molar-refractivity contribution is 5.95. The van der Waals surface area contributed by atoms with Crippen LogP contribution >= 0.6 is 0 Å². The smallest absolute Gasteiger partial charge is 0.274 e. The molecule has 1 aromatic rings. The van der Waals surface area contributed by atoms with E-state index in [4.69, 9.17) is 9.47 Å². The Bertz CT molecular complexity index is 552. The minimum Gasteiger partial charge on any atom is -0.502 e. The highest BCUT2D eigenvalue weighted by Gasteiger charge is 2.29. The number of carbonyl (C=O) groups excluding carboxylic acids is 1. The number of amides is 1. The van der Waals surface area contributed by atoms with Crippen LogP contribution in [0.1, 0.15) is 10.5 Å². The summed E-state index contributed by atoms with van der Waals surface area (Å²) in [5.74, 6) is -0.911. The van der Waals surface area contributed by atoms with Gasteiger partial charge in [0.1, 0.15) is 0 Å². The highest BCUT2D eigenvalue weighted by atomic mass is 16.5. The first-order valence-electron chi connectivity index (χ1n) is 5.88. The van der Waals surface area contributed by atoms with Gasteiger partial charge in [-0.05, 0) is 0 Å². The van der Waals surface area contributed by atoms with E-state index in [0.29, 0.717) is 26.2 Å². The van der Waals surface area contributed by atoms with Gasteiger partial charge in [-0.3, -0.25) is 9.59 Å². The zero-order valence-electron chi connectivity index (χ0n) is 10.9. The van der Waals surface area contributed by atoms with Gasteiger partial charge in [-0.15, -0.1) is 0 Å². The lowest BCUT2D eigenvalue weighted by molar-refractivity contribution is 0.0633. The molecule has 1 aliphatic heterocycles. The molecule has 0 unspecified atom stereocenters. The highest BCUT2D eigenvalue weighted by Crippen LogP contribution is 2.22. The first-order valence-corrected chi connectivity index (χ1v) is 5.88. The van der Waals surface area contributed by atoms with E-state index < -0.39 is 11.2 Å². The number of fused-ring (bicyclic) bond motifs is 1. The van der Waals surface area contributed by atoms with Gasteiger partial charge in [0, 0.05) is 26.7 Å². The summed E-state index contributed by atoms with van der Waals surface area (Å²) < 4.78 is 11.3. The van der Waals surface area contributed by atoms with Crippen LogP contribution in [0.15, 0.2) is 11.0 Å². The minimum absolute atomic E-state index is 0.00755. The second-order valence-electron chi connectivity index (χ2n) is 4.20. The van der Waals surface area contributed by atoms with Gasteiger partial charge in [0.25, 0.3) is 11.3 Å². The van der Waals surface area contributed by atoms with Gasteiger partial charge in [0.05, 0.1) is 19.9 Å². The van der Waals surface area contributed by atoms with E-state index >= 15 is 0 Å². The predicted molar refractivity (Wildman–Crippen MR) is 66.7 cm³/mol. The van der Waals surface area contributed by atoms with Gasteiger partial charge in [0.15, 0.2) is 17.2 Å². The SMILES string of the molecule is COCCN1CCn2cc(OC)c(=O)c(O)c2C1=O. The Morgan fingerprint density at radius 3 is 2.68 bits per heavy atom. The quantitative estimate of drug-likeness (QED) is 0.808. The molecule has 0 saturated carbocycles. The van der Waals surface area contributed by atoms with E-state index in [1.807, 2.05) is 0 Å². The molecule has 1 N–H and O–H groups in total. The van der Waals surface area contributed by atoms with Crippen LogP contribution in [-0.4, -0.2) is 54.4 Å². The zero-order chi connectivity index (χ0) is 14.0. The molecular weight excluding hydrogens is 252 g/mol. The lowest BCUT2D eigenvalue weighted by Crippen LogP contribution is -2.43. The van der Waals surface area contributed by atoms with Crippen LogP contribution in [0.3, 0.4) is 0 Å². The molecule has 19 heavy (non-hydrogen) atoms. The van der Waals surface area contributed by atoms with E-state index in [-0.39, 0.29) is 17.4 Å². The van der Waals surface area contributed by atoms with Crippen molar-refractivity contribution in [1.82, 2.24) is 9.47 Å². The van der Waals surface area contributed by atoms with E-state index in [1.165, 1.54) is 13.3 Å². The van der Waals surface area contributed by atoms with Crippen LogP contribution < -0.4 is 10.2 Å². The molecule has 0 bridgehead atoms. The van der Waals surface area contributed by atoms with Crippen LogP contribution in [0.2, 0.25) is 0 Å². The summed E-state index contributed by atoms with van der Waals surface area (Å²) in [4.78, 5) is 25.5. The molecule has 0 saturated heterocycles. The fraction of sp³-hybridized carbons (Fsp3) is 0.500. The molecule has 0 spiro atoms. The van der Waals surface area contributed by atoms with Crippen molar-refractivity contribution in [1.29, 1.82) is 0 Å². The number of carbonyl (C=O) groups is 1. The molecule has 0 aliphatic carbocycles. The molecule has 2 rings (SSSR count). The van der Waals surface area contributed by atoms with Crippen molar-refractivity contribution in [3.63, 3.8) is 0 Å². The Hall–Kier alpha value is -2.02. The molecule has 2 heterocycles. The lowest BCUT2D eigenvalue weighted by atomic mass is 10.2. The Morgan fingerprint density at radius 2 is 2.05 bits per heavy atom. The maximum absolute atomic E-state index is 12.2. The molecule has 0 aromatic carbocycles. The summed E-state index contributed by atoms with van der Waals surface area (Å²) in [6.07, 6.45) is 1.45. The Balaban J connectivity index is 2.41. The number of hydrogen-bond donors (Lipinski definition) is 1. The fourth-order valence-electron chi connectivity index (χ4n) is 2.07. The third kappa shape index (κ3) is 2.28. The third-order valence-corrected chi connectivity index (χ3v) is 3.11. The maximum atomic E-state index is 12.2. The summed E-state index contributed by atoms with van der Waals surface area (Å²) in [6, 6.07) is 0. The minimum atomic E-state index is -0.671. The van der Waals surface area contributed by atoms with E-state index in [1.54, 1.807) is 16.6 Å². The largest absolute Gasteiger partial charge is 0.502 e. The molecule has 0 radical (unpaired) electrons. The lowest BCUT2D eigenvalue weighted by Gasteiger charge is -2.30. The van der Waals surface area contributed by atoms with Gasteiger partial charge in [-0.25, -0.2) is 0 Å². The van der Waals surface area contributed by atoms with Gasteiger partial charge < -0.3 is 24.0 Å². The Labute approximate surface area is 110 Å². The van der Waals surface area contributed by atoms with Crippen LogP contribution in [0.5, 0.6) is 11.5 Å². The molecule has 104 valence electrons. The molecular formula is C12H16N2O5. The molecule has 1 aliphatic rings.